The van der Waals surface area contributed by atoms with Crippen molar-refractivity contribution in [2.45, 2.75) is 38.5 Å². The highest BCUT2D eigenvalue weighted by atomic mass is 32.1. The predicted molar refractivity (Wildman–Crippen MR) is 88.4 cm³/mol. The topological polar surface area (TPSA) is 30.7 Å². The van der Waals surface area contributed by atoms with Crippen molar-refractivity contribution in [1.82, 2.24) is 14.8 Å². The van der Waals surface area contributed by atoms with E-state index in [-0.39, 0.29) is 0 Å². The monoisotopic (exact) mass is 315 g/mol. The lowest BCUT2D eigenvalue weighted by molar-refractivity contribution is 0.622. The lowest BCUT2D eigenvalue weighted by Crippen LogP contribution is -1.96. The lowest BCUT2D eigenvalue weighted by Gasteiger charge is -2.07. The first kappa shape index (κ1) is 13.2. The van der Waals surface area contributed by atoms with Crippen molar-refractivity contribution in [2.24, 2.45) is 0 Å². The Morgan fingerprint density at radius 3 is 2.86 bits per heavy atom. The van der Waals surface area contributed by atoms with Crippen LogP contribution in [-0.4, -0.2) is 14.8 Å². The van der Waals surface area contributed by atoms with Crippen LogP contribution in [0.3, 0.4) is 0 Å². The molecule has 0 atom stereocenters. The van der Waals surface area contributed by atoms with E-state index >= 15 is 0 Å². The van der Waals surface area contributed by atoms with Gasteiger partial charge >= 0.3 is 0 Å². The summed E-state index contributed by atoms with van der Waals surface area (Å²) in [5, 5.41) is 7.75. The highest BCUT2D eigenvalue weighted by molar-refractivity contribution is 7.15. The minimum atomic E-state index is 0.958. The van der Waals surface area contributed by atoms with Crippen LogP contribution in [0.2, 0.25) is 0 Å². The summed E-state index contributed by atoms with van der Waals surface area (Å²) in [7, 11) is 0. The molecule has 0 amide bonds. The third-order valence-electron chi connectivity index (χ3n) is 3.98. The Kier molecular flexibility index (Phi) is 3.61. The molecule has 1 aliphatic carbocycles. The highest BCUT2D eigenvalue weighted by Gasteiger charge is 2.16. The molecule has 0 aromatic carbocycles. The fourth-order valence-corrected chi connectivity index (χ4v) is 4.83. The van der Waals surface area contributed by atoms with Crippen LogP contribution in [0.1, 0.15) is 36.1 Å². The normalized spacial score (nSPS) is 15.4. The predicted octanol–water partition coefficient (Wildman–Crippen LogP) is 4.72. The molecule has 0 unspecified atom stereocenters. The quantitative estimate of drug-likeness (QED) is 0.685. The maximum absolute atomic E-state index is 4.46. The maximum Gasteiger partial charge on any atom is 0.174 e. The Morgan fingerprint density at radius 2 is 2.00 bits per heavy atom. The van der Waals surface area contributed by atoms with Crippen LogP contribution in [0, 0.1) is 0 Å². The number of aromatic nitrogens is 3. The van der Waals surface area contributed by atoms with Crippen molar-refractivity contribution >= 4 is 22.7 Å². The Morgan fingerprint density at radius 1 is 1.10 bits per heavy atom. The van der Waals surface area contributed by atoms with Crippen molar-refractivity contribution in [1.29, 1.82) is 0 Å². The molecule has 0 saturated carbocycles. The Balaban J connectivity index is 1.74. The zero-order chi connectivity index (χ0) is 14.1. The molecule has 0 radical (unpaired) electrons. The van der Waals surface area contributed by atoms with Gasteiger partial charge in [-0.2, -0.15) is 5.10 Å². The summed E-state index contributed by atoms with van der Waals surface area (Å²) >= 11 is 3.60. The summed E-state index contributed by atoms with van der Waals surface area (Å²) in [4.78, 5) is 7.17. The van der Waals surface area contributed by atoms with Gasteiger partial charge in [-0.25, -0.2) is 9.67 Å². The van der Waals surface area contributed by atoms with E-state index in [9.17, 15) is 0 Å². The maximum atomic E-state index is 4.46. The summed E-state index contributed by atoms with van der Waals surface area (Å²) in [6.07, 6.45) is 9.48. The van der Waals surface area contributed by atoms with Gasteiger partial charge in [-0.3, -0.25) is 0 Å². The average molecular weight is 315 g/mol. The van der Waals surface area contributed by atoms with Gasteiger partial charge in [0.25, 0.3) is 0 Å². The third-order valence-corrected chi connectivity index (χ3v) is 6.06. The number of thiophene rings is 2. The first-order valence-corrected chi connectivity index (χ1v) is 9.17. The summed E-state index contributed by atoms with van der Waals surface area (Å²) in [5.74, 6) is 0.958. The second-order valence-electron chi connectivity index (χ2n) is 5.42. The van der Waals surface area contributed by atoms with Crippen molar-refractivity contribution in [3.8, 4) is 15.7 Å². The summed E-state index contributed by atoms with van der Waals surface area (Å²) in [6.45, 7) is 0. The summed E-state index contributed by atoms with van der Waals surface area (Å²) in [5.41, 5.74) is 1.53. The standard InChI is InChI=1S/C16H17N3S2/c1-2-4-7-13-12(6-3-1)10-15(21-13)19-16(17-11-18-19)14-8-5-9-20-14/h5,8-11H,1-4,6-7H2. The molecule has 5 heteroatoms. The number of hydrogen-bond donors (Lipinski definition) is 0. The van der Waals surface area contributed by atoms with Gasteiger partial charge in [0.1, 0.15) is 11.3 Å². The van der Waals surface area contributed by atoms with E-state index in [0.29, 0.717) is 0 Å². The third kappa shape index (κ3) is 2.56. The molecule has 3 aromatic rings. The second kappa shape index (κ2) is 5.73. The smallest absolute Gasteiger partial charge is 0.174 e. The van der Waals surface area contributed by atoms with Gasteiger partial charge < -0.3 is 0 Å². The fraction of sp³-hybridized carbons (Fsp3) is 0.375. The first-order valence-electron chi connectivity index (χ1n) is 7.48. The van der Waals surface area contributed by atoms with Gasteiger partial charge in [0.05, 0.1) is 4.88 Å². The van der Waals surface area contributed by atoms with Crippen LogP contribution in [-0.2, 0) is 12.8 Å². The van der Waals surface area contributed by atoms with Crippen LogP contribution in [0.4, 0.5) is 0 Å². The van der Waals surface area contributed by atoms with Gasteiger partial charge in [0.2, 0.25) is 0 Å². The van der Waals surface area contributed by atoms with Crippen LogP contribution in [0.5, 0.6) is 0 Å². The van der Waals surface area contributed by atoms with Crippen LogP contribution >= 0.6 is 22.7 Å². The molecule has 0 aliphatic heterocycles. The van der Waals surface area contributed by atoms with E-state index in [1.54, 1.807) is 22.5 Å². The number of fused-ring (bicyclic) bond motifs is 1. The van der Waals surface area contributed by atoms with E-state index in [1.165, 1.54) is 54.0 Å². The van der Waals surface area contributed by atoms with Gasteiger partial charge in [-0.05, 0) is 48.8 Å². The molecule has 3 nitrogen and oxygen atoms in total. The summed E-state index contributed by atoms with van der Waals surface area (Å²) < 4.78 is 2.00. The van der Waals surface area contributed by atoms with E-state index < -0.39 is 0 Å². The van der Waals surface area contributed by atoms with Crippen LogP contribution < -0.4 is 0 Å². The number of aryl methyl sites for hydroxylation is 2. The van der Waals surface area contributed by atoms with Crippen molar-refractivity contribution in [3.63, 3.8) is 0 Å². The number of nitrogens with zero attached hydrogens (tertiary/aromatic N) is 3. The Bertz CT molecular complexity index is 699. The van der Waals surface area contributed by atoms with E-state index in [1.807, 2.05) is 16.0 Å². The van der Waals surface area contributed by atoms with Crippen LogP contribution in [0.15, 0.2) is 29.9 Å². The zero-order valence-corrected chi connectivity index (χ0v) is 13.4. The number of rotatable bonds is 2. The van der Waals surface area contributed by atoms with Gasteiger partial charge in [-0.15, -0.1) is 22.7 Å². The summed E-state index contributed by atoms with van der Waals surface area (Å²) in [6, 6.07) is 6.50. The highest BCUT2D eigenvalue weighted by Crippen LogP contribution is 2.33. The van der Waals surface area contributed by atoms with Crippen LogP contribution in [0.25, 0.3) is 15.7 Å². The molecule has 0 bridgehead atoms. The molecule has 3 aromatic heterocycles. The minimum absolute atomic E-state index is 0.958. The molecule has 108 valence electrons. The van der Waals surface area contributed by atoms with Crippen molar-refractivity contribution in [2.75, 3.05) is 0 Å². The molecule has 4 rings (SSSR count). The average Bonchev–Trinajstić information content (AvgIpc) is 3.16. The van der Waals surface area contributed by atoms with E-state index in [0.717, 1.165) is 5.82 Å². The largest absolute Gasteiger partial charge is 0.214 e. The van der Waals surface area contributed by atoms with E-state index in [2.05, 4.69) is 33.7 Å². The molecular formula is C16H17N3S2. The zero-order valence-electron chi connectivity index (χ0n) is 11.8. The Labute approximate surface area is 132 Å². The fourth-order valence-electron chi connectivity index (χ4n) is 2.91. The first-order chi connectivity index (χ1) is 10.4. The molecule has 0 saturated heterocycles. The Hall–Kier alpha value is -1.46. The van der Waals surface area contributed by atoms with Gasteiger partial charge in [-0.1, -0.05) is 18.9 Å². The molecular weight excluding hydrogens is 298 g/mol. The molecule has 21 heavy (non-hydrogen) atoms. The molecule has 0 fully saturated rings. The van der Waals surface area contributed by atoms with Gasteiger partial charge in [0, 0.05) is 4.88 Å². The lowest BCUT2D eigenvalue weighted by atomic mass is 10.00. The SMILES string of the molecule is c1csc(-c2ncnn2-c2cc3c(s2)CCCCCC3)c1. The molecule has 1 aliphatic rings. The molecule has 0 N–H and O–H groups in total. The van der Waals surface area contributed by atoms with Crippen molar-refractivity contribution < 1.29 is 0 Å². The number of hydrogen-bond acceptors (Lipinski definition) is 4. The van der Waals surface area contributed by atoms with E-state index in [4.69, 9.17) is 0 Å². The molecule has 0 spiro atoms. The second-order valence-corrected chi connectivity index (χ2v) is 7.48. The van der Waals surface area contributed by atoms with Gasteiger partial charge in [0.15, 0.2) is 5.82 Å². The minimum Gasteiger partial charge on any atom is -0.214 e. The van der Waals surface area contributed by atoms with Crippen molar-refractivity contribution in [3.05, 3.63) is 40.3 Å². The molecule has 3 heterocycles.